The standard InChI is InChI=1S/C16H17N3OS/c1-19-11-7-13(8-12-19)3-4-14-5-6-15(20-14)21-16-17-9-2-10-18-16/h2-7,9-10H,8,11-12H2,1H3. The monoisotopic (exact) mass is 299 g/mol. The first-order valence-electron chi connectivity index (χ1n) is 6.90. The van der Waals surface area contributed by atoms with Crippen molar-refractivity contribution in [3.05, 3.63) is 54.1 Å². The first-order valence-corrected chi connectivity index (χ1v) is 7.71. The summed E-state index contributed by atoms with van der Waals surface area (Å²) in [6.07, 6.45) is 11.0. The Labute approximate surface area is 128 Å². The fraction of sp³-hybridized carbons (Fsp3) is 0.250. The van der Waals surface area contributed by atoms with Gasteiger partial charge in [-0.1, -0.05) is 12.2 Å². The van der Waals surface area contributed by atoms with Gasteiger partial charge in [-0.3, -0.25) is 0 Å². The summed E-state index contributed by atoms with van der Waals surface area (Å²) in [6.45, 7) is 2.13. The van der Waals surface area contributed by atoms with E-state index in [1.807, 2.05) is 18.2 Å². The molecular formula is C16H17N3OS. The number of allylic oxidation sites excluding steroid dienone is 1. The third-order valence-electron chi connectivity index (χ3n) is 3.25. The van der Waals surface area contributed by atoms with E-state index in [2.05, 4.69) is 34.1 Å². The van der Waals surface area contributed by atoms with Crippen molar-refractivity contribution in [2.24, 2.45) is 0 Å². The molecule has 0 saturated carbocycles. The van der Waals surface area contributed by atoms with Gasteiger partial charge in [-0.15, -0.1) is 0 Å². The Balaban J connectivity index is 1.63. The normalized spacial score (nSPS) is 16.3. The van der Waals surface area contributed by atoms with Crippen LogP contribution in [0, 0.1) is 0 Å². The van der Waals surface area contributed by atoms with Crippen LogP contribution in [0.2, 0.25) is 0 Å². The summed E-state index contributed by atoms with van der Waals surface area (Å²) < 4.78 is 5.76. The summed E-state index contributed by atoms with van der Waals surface area (Å²) in [6, 6.07) is 5.72. The van der Waals surface area contributed by atoms with E-state index < -0.39 is 0 Å². The summed E-state index contributed by atoms with van der Waals surface area (Å²) in [5.41, 5.74) is 1.37. The SMILES string of the molecule is CN1CC=C(C=Cc2ccc(Sc3ncccn3)o2)CC1. The fourth-order valence-corrected chi connectivity index (χ4v) is 2.71. The number of hydrogen-bond donors (Lipinski definition) is 0. The maximum absolute atomic E-state index is 5.76. The lowest BCUT2D eigenvalue weighted by atomic mass is 10.1. The van der Waals surface area contributed by atoms with Crippen molar-refractivity contribution < 1.29 is 4.42 Å². The van der Waals surface area contributed by atoms with Gasteiger partial charge in [0.05, 0.1) is 0 Å². The van der Waals surface area contributed by atoms with Crippen LogP contribution in [-0.4, -0.2) is 35.0 Å². The summed E-state index contributed by atoms with van der Waals surface area (Å²) in [5.74, 6) is 0.855. The molecule has 0 bridgehead atoms. The summed E-state index contributed by atoms with van der Waals surface area (Å²) >= 11 is 1.43. The Hall–Kier alpha value is -1.85. The average Bonchev–Trinajstić information content (AvgIpc) is 2.95. The molecule has 0 radical (unpaired) electrons. The van der Waals surface area contributed by atoms with Crippen molar-refractivity contribution in [1.29, 1.82) is 0 Å². The highest BCUT2D eigenvalue weighted by molar-refractivity contribution is 7.99. The first-order chi connectivity index (χ1) is 10.3. The molecule has 4 nitrogen and oxygen atoms in total. The van der Waals surface area contributed by atoms with Crippen LogP contribution in [0.3, 0.4) is 0 Å². The molecule has 0 atom stereocenters. The largest absolute Gasteiger partial charge is 0.450 e. The van der Waals surface area contributed by atoms with E-state index in [9.17, 15) is 0 Å². The average molecular weight is 299 g/mol. The Bertz CT molecular complexity index is 649. The molecule has 3 rings (SSSR count). The molecule has 0 spiro atoms. The van der Waals surface area contributed by atoms with E-state index in [4.69, 9.17) is 4.42 Å². The van der Waals surface area contributed by atoms with Crippen LogP contribution in [0.5, 0.6) is 0 Å². The number of nitrogens with zero attached hydrogens (tertiary/aromatic N) is 3. The van der Waals surface area contributed by atoms with Crippen molar-refractivity contribution in [2.75, 3.05) is 20.1 Å². The van der Waals surface area contributed by atoms with E-state index in [1.54, 1.807) is 18.5 Å². The molecule has 0 fully saturated rings. The minimum atomic E-state index is 0.695. The lowest BCUT2D eigenvalue weighted by Crippen LogP contribution is -2.23. The van der Waals surface area contributed by atoms with Crippen LogP contribution >= 0.6 is 11.8 Å². The van der Waals surface area contributed by atoms with Gasteiger partial charge in [0.2, 0.25) is 0 Å². The second-order valence-electron chi connectivity index (χ2n) is 4.91. The zero-order valence-corrected chi connectivity index (χ0v) is 12.7. The molecule has 0 amide bonds. The first kappa shape index (κ1) is 14.1. The van der Waals surface area contributed by atoms with Gasteiger partial charge < -0.3 is 9.32 Å². The third-order valence-corrected chi connectivity index (χ3v) is 4.06. The zero-order valence-electron chi connectivity index (χ0n) is 11.9. The van der Waals surface area contributed by atoms with Crippen LogP contribution in [0.15, 0.2) is 63.0 Å². The lowest BCUT2D eigenvalue weighted by Gasteiger charge is -2.20. The highest BCUT2D eigenvalue weighted by Crippen LogP contribution is 2.26. The maximum atomic E-state index is 5.76. The molecule has 21 heavy (non-hydrogen) atoms. The summed E-state index contributed by atoms with van der Waals surface area (Å²) in [4.78, 5) is 10.6. The van der Waals surface area contributed by atoms with Crippen LogP contribution in [0.25, 0.3) is 6.08 Å². The van der Waals surface area contributed by atoms with Gasteiger partial charge in [0.25, 0.3) is 0 Å². The molecule has 0 unspecified atom stereocenters. The Morgan fingerprint density at radius 3 is 2.86 bits per heavy atom. The van der Waals surface area contributed by atoms with Crippen LogP contribution in [0.1, 0.15) is 12.2 Å². The van der Waals surface area contributed by atoms with Crippen LogP contribution in [-0.2, 0) is 0 Å². The number of hydrogen-bond acceptors (Lipinski definition) is 5. The van der Waals surface area contributed by atoms with Gasteiger partial charge in [0.1, 0.15) is 5.76 Å². The number of likely N-dealkylation sites (N-methyl/N-ethyl adjacent to an activating group) is 1. The summed E-state index contributed by atoms with van der Waals surface area (Å²) in [5, 5.41) is 1.50. The third kappa shape index (κ3) is 4.06. The van der Waals surface area contributed by atoms with Crippen molar-refractivity contribution >= 4 is 17.8 Å². The molecule has 5 heteroatoms. The molecule has 0 aromatic carbocycles. The second kappa shape index (κ2) is 6.74. The minimum absolute atomic E-state index is 0.695. The van der Waals surface area contributed by atoms with E-state index in [1.165, 1.54) is 17.3 Å². The van der Waals surface area contributed by atoms with Gasteiger partial charge in [-0.2, -0.15) is 0 Å². The summed E-state index contributed by atoms with van der Waals surface area (Å²) in [7, 11) is 2.14. The maximum Gasteiger partial charge on any atom is 0.195 e. The van der Waals surface area contributed by atoms with E-state index in [-0.39, 0.29) is 0 Å². The van der Waals surface area contributed by atoms with Gasteiger partial charge >= 0.3 is 0 Å². The Morgan fingerprint density at radius 2 is 2.10 bits per heavy atom. The smallest absolute Gasteiger partial charge is 0.195 e. The highest BCUT2D eigenvalue weighted by Gasteiger charge is 2.06. The van der Waals surface area contributed by atoms with Crippen molar-refractivity contribution in [3.63, 3.8) is 0 Å². The molecule has 2 aromatic heterocycles. The second-order valence-corrected chi connectivity index (χ2v) is 5.89. The predicted octanol–water partition coefficient (Wildman–Crippen LogP) is 3.50. The van der Waals surface area contributed by atoms with Crippen molar-refractivity contribution in [2.45, 2.75) is 16.7 Å². The van der Waals surface area contributed by atoms with E-state index >= 15 is 0 Å². The van der Waals surface area contributed by atoms with E-state index in [0.29, 0.717) is 5.16 Å². The lowest BCUT2D eigenvalue weighted by molar-refractivity contribution is 0.361. The zero-order chi connectivity index (χ0) is 14.5. The van der Waals surface area contributed by atoms with Crippen molar-refractivity contribution in [3.8, 4) is 0 Å². The Kier molecular flexibility index (Phi) is 4.52. The van der Waals surface area contributed by atoms with Gasteiger partial charge in [-0.25, -0.2) is 9.97 Å². The molecule has 1 aliphatic heterocycles. The molecule has 0 saturated heterocycles. The quantitative estimate of drug-likeness (QED) is 0.808. The van der Waals surface area contributed by atoms with Crippen molar-refractivity contribution in [1.82, 2.24) is 14.9 Å². The molecule has 2 aromatic rings. The Morgan fingerprint density at radius 1 is 1.24 bits per heavy atom. The molecular weight excluding hydrogens is 282 g/mol. The molecule has 108 valence electrons. The number of furan rings is 1. The molecule has 0 N–H and O–H groups in total. The van der Waals surface area contributed by atoms with Crippen LogP contribution < -0.4 is 0 Å². The van der Waals surface area contributed by atoms with Gasteiger partial charge in [-0.05, 0) is 55.1 Å². The minimum Gasteiger partial charge on any atom is -0.450 e. The molecule has 1 aliphatic rings. The number of aromatic nitrogens is 2. The number of rotatable bonds is 4. The predicted molar refractivity (Wildman–Crippen MR) is 84.1 cm³/mol. The molecule has 3 heterocycles. The van der Waals surface area contributed by atoms with Gasteiger partial charge in [0.15, 0.2) is 10.2 Å². The highest BCUT2D eigenvalue weighted by atomic mass is 32.2. The topological polar surface area (TPSA) is 42.2 Å². The molecule has 0 aliphatic carbocycles. The van der Waals surface area contributed by atoms with E-state index in [0.717, 1.165) is 30.4 Å². The van der Waals surface area contributed by atoms with Crippen LogP contribution in [0.4, 0.5) is 0 Å². The van der Waals surface area contributed by atoms with Gasteiger partial charge in [0, 0.05) is 25.5 Å². The fourth-order valence-electron chi connectivity index (χ4n) is 2.03.